The van der Waals surface area contributed by atoms with Crippen molar-refractivity contribution < 1.29 is 18.7 Å². The summed E-state index contributed by atoms with van der Waals surface area (Å²) in [7, 11) is 4.24. The van der Waals surface area contributed by atoms with E-state index in [-0.39, 0.29) is 29.7 Å². The van der Waals surface area contributed by atoms with Crippen molar-refractivity contribution in [3.8, 4) is 22.6 Å². The zero-order chi connectivity index (χ0) is 29.5. The fourth-order valence-corrected chi connectivity index (χ4v) is 6.75. The van der Waals surface area contributed by atoms with Gasteiger partial charge in [0, 0.05) is 58.3 Å². The summed E-state index contributed by atoms with van der Waals surface area (Å²) in [5.74, 6) is -0.263. The molecular weight excluding hydrogens is 541 g/mol. The first-order valence-corrected chi connectivity index (χ1v) is 15.3. The third-order valence-electron chi connectivity index (χ3n) is 8.54. The summed E-state index contributed by atoms with van der Waals surface area (Å²) >= 11 is 1.47. The number of hydrogen-bond acceptors (Lipinski definition) is 6. The number of nitrogens with zero attached hydrogens (tertiary/aromatic N) is 1. The van der Waals surface area contributed by atoms with Gasteiger partial charge in [-0.05, 0) is 89.7 Å². The lowest BCUT2D eigenvalue weighted by Gasteiger charge is -2.39. The van der Waals surface area contributed by atoms with E-state index in [1.165, 1.54) is 23.9 Å². The number of aryl methyl sites for hydroxylation is 1. The number of hydrogen-bond donors (Lipinski definition) is 2. The molecule has 1 atom stereocenters. The first kappa shape index (κ1) is 29.2. The second-order valence-corrected chi connectivity index (χ2v) is 12.3. The molecule has 7 nitrogen and oxygen atoms in total. The molecule has 1 amide bonds. The molecule has 0 saturated heterocycles. The largest absolute Gasteiger partial charge is 0.448 e. The fraction of sp³-hybridized carbons (Fsp3) is 0.438. The highest BCUT2D eigenvalue weighted by Crippen LogP contribution is 2.52. The number of carbonyl (C=O) groups excluding carboxylic acids is 1. The number of carbonyl (C=O) groups is 1. The Morgan fingerprint density at radius 2 is 1.76 bits per heavy atom. The van der Waals surface area contributed by atoms with Gasteiger partial charge < -0.3 is 24.7 Å². The maximum absolute atomic E-state index is 13.8. The number of ether oxygens (including phenoxy) is 2. The molecule has 41 heavy (non-hydrogen) atoms. The number of rotatable bonds is 7. The van der Waals surface area contributed by atoms with Gasteiger partial charge in [0.15, 0.2) is 11.5 Å². The summed E-state index contributed by atoms with van der Waals surface area (Å²) in [6.07, 6.45) is 5.96. The summed E-state index contributed by atoms with van der Waals surface area (Å²) in [4.78, 5) is 32.2. The quantitative estimate of drug-likeness (QED) is 0.331. The molecule has 0 radical (unpaired) electrons. The van der Waals surface area contributed by atoms with Crippen molar-refractivity contribution >= 4 is 17.7 Å². The average molecular weight is 580 g/mol. The van der Waals surface area contributed by atoms with Crippen molar-refractivity contribution in [1.29, 1.82) is 0 Å². The van der Waals surface area contributed by atoms with E-state index in [0.29, 0.717) is 39.8 Å². The standard InChI is InChI=1S/C32H38FN3O4S/c1-18-15-27(41-6)26(31(38)35-18)17-34-30(37)24-16-25(20-7-11-22(33)12-8-20)29-28(19(24)2)39-32(3,40-29)21-9-13-23(14-10-21)36(4)5/h7-8,11-12,15-16,21,23H,9-10,13-14,17H2,1-6H3,(H,34,37)(H,35,38)/t21-,23-,32?. The lowest BCUT2D eigenvalue weighted by Crippen LogP contribution is -2.46. The molecule has 1 fully saturated rings. The molecule has 0 bridgehead atoms. The van der Waals surface area contributed by atoms with E-state index in [1.807, 2.05) is 33.1 Å². The van der Waals surface area contributed by atoms with Crippen molar-refractivity contribution in [3.63, 3.8) is 0 Å². The topological polar surface area (TPSA) is 83.7 Å². The predicted molar refractivity (Wildman–Crippen MR) is 160 cm³/mol. The molecular formula is C32H38FN3O4S. The summed E-state index contributed by atoms with van der Waals surface area (Å²) in [6, 6.07) is 10.4. The maximum atomic E-state index is 13.8. The number of aromatic amines is 1. The Morgan fingerprint density at radius 1 is 1.10 bits per heavy atom. The maximum Gasteiger partial charge on any atom is 0.254 e. The number of H-pyrrole nitrogens is 1. The molecule has 9 heteroatoms. The predicted octanol–water partition coefficient (Wildman–Crippen LogP) is 6.06. The molecule has 0 spiro atoms. The minimum atomic E-state index is -0.878. The van der Waals surface area contributed by atoms with E-state index in [4.69, 9.17) is 9.47 Å². The van der Waals surface area contributed by atoms with Crippen molar-refractivity contribution in [1.82, 2.24) is 15.2 Å². The third-order valence-corrected chi connectivity index (χ3v) is 9.34. The highest BCUT2D eigenvalue weighted by molar-refractivity contribution is 7.98. The molecule has 1 aromatic heterocycles. The normalized spacial score (nSPS) is 21.8. The number of amides is 1. The molecule has 2 heterocycles. The smallest absolute Gasteiger partial charge is 0.254 e. The van der Waals surface area contributed by atoms with Gasteiger partial charge >= 0.3 is 0 Å². The van der Waals surface area contributed by atoms with Crippen molar-refractivity contribution in [3.05, 3.63) is 75.0 Å². The van der Waals surface area contributed by atoms with Crippen LogP contribution in [0.5, 0.6) is 11.5 Å². The summed E-state index contributed by atoms with van der Waals surface area (Å²) in [6.45, 7) is 5.75. The number of nitrogens with one attached hydrogen (secondary N) is 2. The van der Waals surface area contributed by atoms with Gasteiger partial charge in [-0.3, -0.25) is 9.59 Å². The van der Waals surface area contributed by atoms with E-state index >= 15 is 0 Å². The Bertz CT molecular complexity index is 1510. The van der Waals surface area contributed by atoms with E-state index < -0.39 is 5.79 Å². The molecule has 2 aliphatic rings. The highest BCUT2D eigenvalue weighted by Gasteiger charge is 2.47. The number of halogens is 1. The van der Waals surface area contributed by atoms with Crippen LogP contribution in [0.2, 0.25) is 0 Å². The van der Waals surface area contributed by atoms with Gasteiger partial charge in [0.05, 0.1) is 0 Å². The Morgan fingerprint density at radius 3 is 2.39 bits per heavy atom. The van der Waals surface area contributed by atoms with Crippen LogP contribution in [0.1, 0.15) is 59.8 Å². The molecule has 1 aliphatic carbocycles. The average Bonchev–Trinajstić information content (AvgIpc) is 3.32. The van der Waals surface area contributed by atoms with Gasteiger partial charge in [-0.2, -0.15) is 0 Å². The molecule has 2 N–H and O–H groups in total. The molecule has 5 rings (SSSR count). The third kappa shape index (κ3) is 5.75. The van der Waals surface area contributed by atoms with Gasteiger partial charge in [-0.15, -0.1) is 11.8 Å². The Kier molecular flexibility index (Phi) is 8.21. The summed E-state index contributed by atoms with van der Waals surface area (Å²) in [5, 5.41) is 2.94. The van der Waals surface area contributed by atoms with Crippen LogP contribution in [0.15, 0.2) is 46.1 Å². The van der Waals surface area contributed by atoms with Crippen LogP contribution in [0.4, 0.5) is 4.39 Å². The van der Waals surface area contributed by atoms with Crippen LogP contribution in [0, 0.1) is 25.6 Å². The molecule has 2 aromatic carbocycles. The number of thioether (sulfide) groups is 1. The highest BCUT2D eigenvalue weighted by atomic mass is 32.2. The van der Waals surface area contributed by atoms with Gasteiger partial charge in [-0.1, -0.05) is 12.1 Å². The van der Waals surface area contributed by atoms with Gasteiger partial charge in [0.2, 0.25) is 0 Å². The van der Waals surface area contributed by atoms with Gasteiger partial charge in [0.25, 0.3) is 17.3 Å². The van der Waals surface area contributed by atoms with E-state index in [9.17, 15) is 14.0 Å². The number of pyridine rings is 1. The molecule has 1 aliphatic heterocycles. The first-order chi connectivity index (χ1) is 19.5. The first-order valence-electron chi connectivity index (χ1n) is 14.0. The van der Waals surface area contributed by atoms with Crippen LogP contribution in [0.3, 0.4) is 0 Å². The van der Waals surface area contributed by atoms with Crippen LogP contribution in [-0.4, -0.2) is 48.0 Å². The van der Waals surface area contributed by atoms with Crippen molar-refractivity contribution in [2.75, 3.05) is 20.4 Å². The number of benzene rings is 2. The van der Waals surface area contributed by atoms with E-state index in [2.05, 4.69) is 29.3 Å². The minimum absolute atomic E-state index is 0.0806. The fourth-order valence-electron chi connectivity index (χ4n) is 6.05. The zero-order valence-electron chi connectivity index (χ0n) is 24.5. The molecule has 1 saturated carbocycles. The summed E-state index contributed by atoms with van der Waals surface area (Å²) in [5.41, 5.74) is 3.53. The number of fused-ring (bicyclic) bond motifs is 1. The Hall–Kier alpha value is -3.30. The second kappa shape index (κ2) is 11.5. The Balaban J connectivity index is 1.49. The van der Waals surface area contributed by atoms with Gasteiger partial charge in [0.1, 0.15) is 5.82 Å². The summed E-state index contributed by atoms with van der Waals surface area (Å²) < 4.78 is 27.1. The van der Waals surface area contributed by atoms with E-state index in [1.54, 1.807) is 18.2 Å². The Labute approximate surface area is 244 Å². The molecule has 3 aromatic rings. The number of aromatic nitrogens is 1. The van der Waals surface area contributed by atoms with Crippen LogP contribution < -0.4 is 20.3 Å². The zero-order valence-corrected chi connectivity index (χ0v) is 25.3. The molecule has 1 unspecified atom stereocenters. The van der Waals surface area contributed by atoms with Crippen LogP contribution in [-0.2, 0) is 6.54 Å². The SMILES string of the molecule is CSc1cc(C)[nH]c(=O)c1CNC(=O)c1cc(-c2ccc(F)cc2)c2c(c1C)OC(C)([C@H]1CC[C@H](N(C)C)CC1)O2. The van der Waals surface area contributed by atoms with E-state index in [0.717, 1.165) is 41.8 Å². The molecule has 218 valence electrons. The lowest BCUT2D eigenvalue weighted by molar-refractivity contribution is -0.123. The van der Waals surface area contributed by atoms with Crippen molar-refractivity contribution in [2.45, 2.75) is 69.7 Å². The second-order valence-electron chi connectivity index (χ2n) is 11.5. The lowest BCUT2D eigenvalue weighted by atomic mass is 9.81. The van der Waals surface area contributed by atoms with Crippen LogP contribution >= 0.6 is 11.8 Å². The van der Waals surface area contributed by atoms with Crippen molar-refractivity contribution in [2.24, 2.45) is 5.92 Å². The monoisotopic (exact) mass is 579 g/mol. The minimum Gasteiger partial charge on any atom is -0.448 e. The van der Waals surface area contributed by atoms with Gasteiger partial charge in [-0.25, -0.2) is 4.39 Å². The van der Waals surface area contributed by atoms with Crippen LogP contribution in [0.25, 0.3) is 11.1 Å².